The van der Waals surface area contributed by atoms with E-state index < -0.39 is 16.1 Å². The second kappa shape index (κ2) is 6.17. The predicted octanol–water partition coefficient (Wildman–Crippen LogP) is 4.70. The van der Waals surface area contributed by atoms with E-state index in [1.54, 1.807) is 5.19 Å². The van der Waals surface area contributed by atoms with Crippen molar-refractivity contribution < 1.29 is 0 Å². The van der Waals surface area contributed by atoms with Crippen molar-refractivity contribution in [3.05, 3.63) is 30.3 Å². The molecule has 2 rings (SSSR count). The van der Waals surface area contributed by atoms with Gasteiger partial charge in [0.15, 0.2) is 0 Å². The first-order valence-corrected chi connectivity index (χ1v) is 17.5. The van der Waals surface area contributed by atoms with Gasteiger partial charge in [-0.15, -0.1) is 0 Å². The molecule has 1 aromatic carbocycles. The monoisotopic (exact) mass is 390 g/mol. The van der Waals surface area contributed by atoms with Gasteiger partial charge in [0.25, 0.3) is 0 Å². The lowest BCUT2D eigenvalue weighted by molar-refractivity contribution is 1.19. The molecule has 118 valence electrons. The molecule has 1 saturated heterocycles. The smallest absolute Gasteiger partial charge is 0.134 e. The molecule has 6 heteroatoms. The van der Waals surface area contributed by atoms with Crippen LogP contribution in [0.4, 0.5) is 0 Å². The summed E-state index contributed by atoms with van der Waals surface area (Å²) in [5.74, 6) is 0. The maximum Gasteiger partial charge on any atom is 0.134 e. The van der Waals surface area contributed by atoms with Crippen molar-refractivity contribution in [1.82, 2.24) is 0 Å². The zero-order chi connectivity index (χ0) is 15.9. The molecule has 0 nitrogen and oxygen atoms in total. The van der Waals surface area contributed by atoms with Crippen molar-refractivity contribution in [3.8, 4) is 0 Å². The standard InChI is InChI=1S/C15H26S4Si2/c1-16-14(17-2)20(5,6)15(18-3,19-4)21(14,7)13-11-9-8-10-12-13/h8-12H,1-7H3. The predicted molar refractivity (Wildman–Crippen MR) is 115 cm³/mol. The lowest BCUT2D eigenvalue weighted by Crippen LogP contribution is -2.97. The van der Waals surface area contributed by atoms with Crippen LogP contribution < -0.4 is 5.19 Å². The second-order valence-corrected chi connectivity index (χ2v) is 23.7. The van der Waals surface area contributed by atoms with Gasteiger partial charge in [-0.05, 0) is 25.0 Å². The van der Waals surface area contributed by atoms with E-state index >= 15 is 0 Å². The van der Waals surface area contributed by atoms with Gasteiger partial charge in [-0.25, -0.2) is 0 Å². The van der Waals surface area contributed by atoms with E-state index in [9.17, 15) is 0 Å². The van der Waals surface area contributed by atoms with Crippen LogP contribution in [0.15, 0.2) is 30.3 Å². The van der Waals surface area contributed by atoms with Gasteiger partial charge in [0.05, 0.1) is 6.65 Å². The molecule has 0 N–H and O–H groups in total. The molecular formula is C15H26S4Si2. The third-order valence-electron chi connectivity index (χ3n) is 5.46. The van der Waals surface area contributed by atoms with Crippen LogP contribution in [-0.2, 0) is 0 Å². The molecule has 0 radical (unpaired) electrons. The van der Waals surface area contributed by atoms with E-state index in [1.165, 1.54) is 0 Å². The fourth-order valence-corrected chi connectivity index (χ4v) is 44.3. The van der Waals surface area contributed by atoms with Gasteiger partial charge < -0.3 is 0 Å². The Labute approximate surface area is 149 Å². The summed E-state index contributed by atoms with van der Waals surface area (Å²) in [5.41, 5.74) is 0. The van der Waals surface area contributed by atoms with Crippen molar-refractivity contribution in [2.75, 3.05) is 25.0 Å². The van der Waals surface area contributed by atoms with Crippen molar-refractivity contribution in [1.29, 1.82) is 0 Å². The van der Waals surface area contributed by atoms with Gasteiger partial charge in [-0.3, -0.25) is 0 Å². The molecule has 0 unspecified atom stereocenters. The summed E-state index contributed by atoms with van der Waals surface area (Å²) >= 11 is 8.64. The lowest BCUT2D eigenvalue weighted by Gasteiger charge is -2.76. The van der Waals surface area contributed by atoms with E-state index in [0.29, 0.717) is 6.65 Å². The summed E-state index contributed by atoms with van der Waals surface area (Å²) in [6, 6.07) is 11.4. The SMILES string of the molecule is CSC1(SC)[Si](C)(C)C(SC)(SC)[Si]1(C)c1ccccc1. The lowest BCUT2D eigenvalue weighted by atomic mass is 10.4. The van der Waals surface area contributed by atoms with Crippen molar-refractivity contribution in [3.63, 3.8) is 0 Å². The van der Waals surface area contributed by atoms with Crippen molar-refractivity contribution in [2.24, 2.45) is 0 Å². The van der Waals surface area contributed by atoms with E-state index in [-0.39, 0.29) is 0 Å². The molecular weight excluding hydrogens is 365 g/mol. The summed E-state index contributed by atoms with van der Waals surface area (Å²) in [7, 11) is -3.07. The number of rotatable bonds is 5. The van der Waals surface area contributed by atoms with Gasteiger partial charge in [-0.2, -0.15) is 47.0 Å². The summed E-state index contributed by atoms with van der Waals surface area (Å²) in [5, 5.41) is 1.64. The first-order valence-electron chi connectivity index (χ1n) is 7.11. The van der Waals surface area contributed by atoms with Crippen LogP contribution in [0.3, 0.4) is 0 Å². The quantitative estimate of drug-likeness (QED) is 0.528. The van der Waals surface area contributed by atoms with Crippen LogP contribution in [0, 0.1) is 0 Å². The van der Waals surface area contributed by atoms with E-state index in [2.05, 4.69) is 122 Å². The minimum Gasteiger partial charge on any atom is -0.154 e. The highest BCUT2D eigenvalue weighted by molar-refractivity contribution is 8.32. The Morgan fingerprint density at radius 2 is 1.10 bits per heavy atom. The fraction of sp³-hybridized carbons (Fsp3) is 0.600. The van der Waals surface area contributed by atoms with Gasteiger partial charge >= 0.3 is 0 Å². The van der Waals surface area contributed by atoms with Crippen LogP contribution in [0.25, 0.3) is 0 Å². The molecule has 1 aromatic rings. The summed E-state index contributed by atoms with van der Waals surface area (Å²) in [6.07, 6.45) is 9.40. The number of benzene rings is 1. The van der Waals surface area contributed by atoms with Crippen molar-refractivity contribution >= 4 is 68.4 Å². The van der Waals surface area contributed by atoms with Crippen LogP contribution in [0.2, 0.25) is 19.6 Å². The molecule has 0 aliphatic carbocycles. The normalized spacial score (nSPS) is 24.3. The maximum atomic E-state index is 2.65. The first-order chi connectivity index (χ1) is 9.85. The molecule has 0 aromatic heterocycles. The van der Waals surface area contributed by atoms with Crippen LogP contribution in [0.1, 0.15) is 0 Å². The van der Waals surface area contributed by atoms with E-state index in [0.717, 1.165) is 0 Å². The highest BCUT2D eigenvalue weighted by atomic mass is 32.2. The van der Waals surface area contributed by atoms with Crippen LogP contribution in [-0.4, -0.2) is 47.8 Å². The summed E-state index contributed by atoms with van der Waals surface area (Å²) in [6.45, 7) is 7.91. The first kappa shape index (κ1) is 18.4. The Balaban J connectivity index is 2.74. The highest BCUT2D eigenvalue weighted by Gasteiger charge is 2.84. The zero-order valence-corrected chi connectivity index (χ0v) is 19.3. The van der Waals surface area contributed by atoms with Crippen LogP contribution in [0.5, 0.6) is 0 Å². The molecule has 1 aliphatic rings. The zero-order valence-electron chi connectivity index (χ0n) is 14.0. The second-order valence-electron chi connectivity index (χ2n) is 6.17. The fourth-order valence-electron chi connectivity index (χ4n) is 4.78. The molecule has 1 fully saturated rings. The van der Waals surface area contributed by atoms with Gasteiger partial charge in [0.2, 0.25) is 0 Å². The Hall–Kier alpha value is 1.05. The molecule has 0 amide bonds. The average Bonchev–Trinajstić information content (AvgIpc) is 2.50. The molecule has 0 bridgehead atoms. The third kappa shape index (κ3) is 1.92. The Morgan fingerprint density at radius 1 is 0.714 bits per heavy atom. The Kier molecular flexibility index (Phi) is 5.40. The Morgan fingerprint density at radius 3 is 1.43 bits per heavy atom. The van der Waals surface area contributed by atoms with Gasteiger partial charge in [0.1, 0.15) is 16.1 Å². The molecule has 1 heterocycles. The minimum absolute atomic E-state index is 0.466. The third-order valence-corrected chi connectivity index (χ3v) is 39.8. The number of hydrogen-bond acceptors (Lipinski definition) is 4. The Bertz CT molecular complexity index is 474. The van der Waals surface area contributed by atoms with E-state index in [4.69, 9.17) is 0 Å². The largest absolute Gasteiger partial charge is 0.154 e. The average molecular weight is 391 g/mol. The molecule has 0 spiro atoms. The summed E-state index contributed by atoms with van der Waals surface area (Å²) < 4.78 is 0.931. The molecule has 0 atom stereocenters. The topological polar surface area (TPSA) is 0 Å². The minimum atomic E-state index is -1.65. The summed E-state index contributed by atoms with van der Waals surface area (Å²) in [4.78, 5) is 0. The molecule has 21 heavy (non-hydrogen) atoms. The van der Waals surface area contributed by atoms with E-state index in [1.807, 2.05) is 0 Å². The van der Waals surface area contributed by atoms with Crippen LogP contribution >= 0.6 is 47.0 Å². The van der Waals surface area contributed by atoms with Gasteiger partial charge in [0, 0.05) is 0 Å². The molecule has 1 aliphatic heterocycles. The van der Waals surface area contributed by atoms with Crippen molar-refractivity contribution in [2.45, 2.75) is 26.3 Å². The molecule has 0 saturated carbocycles. The number of thioether (sulfide) groups is 4. The number of hydrogen-bond donors (Lipinski definition) is 0. The maximum absolute atomic E-state index is 2.65. The highest BCUT2D eigenvalue weighted by Crippen LogP contribution is 2.72. The van der Waals surface area contributed by atoms with Gasteiger partial charge in [-0.1, -0.05) is 55.2 Å².